The van der Waals surface area contributed by atoms with Crippen molar-refractivity contribution in [2.75, 3.05) is 5.75 Å². The van der Waals surface area contributed by atoms with Crippen LogP contribution in [-0.4, -0.2) is 34.8 Å². The Balaban J connectivity index is 1.50. The molecule has 1 aliphatic rings. The Morgan fingerprint density at radius 3 is 2.62 bits per heavy atom. The molecular weight excluding hydrogens is 451 g/mol. The van der Waals surface area contributed by atoms with Gasteiger partial charge in [0.25, 0.3) is 5.91 Å². The largest absolute Gasteiger partial charge is 0.342 e. The van der Waals surface area contributed by atoms with E-state index in [0.29, 0.717) is 17.1 Å². The highest BCUT2D eigenvalue weighted by molar-refractivity contribution is 7.91. The average Bonchev–Trinajstić information content (AvgIpc) is 3.46. The molecule has 0 saturated heterocycles. The number of benzene rings is 2. The highest BCUT2D eigenvalue weighted by Crippen LogP contribution is 2.32. The van der Waals surface area contributed by atoms with Crippen LogP contribution in [0, 0.1) is 5.82 Å². The number of fused-ring (bicyclic) bond motifs is 1. The lowest BCUT2D eigenvalue weighted by Gasteiger charge is -2.25. The molecule has 0 bridgehead atoms. The maximum atomic E-state index is 13.4. The van der Waals surface area contributed by atoms with E-state index in [4.69, 9.17) is 0 Å². The number of halogens is 1. The minimum atomic E-state index is -3.36. The Bertz CT molecular complexity index is 1400. The number of nitrogens with one attached hydrogen (secondary N) is 1. The molecule has 1 N–H and O–H groups in total. The summed E-state index contributed by atoms with van der Waals surface area (Å²) in [6.45, 7) is 0. The first kappa shape index (κ1) is 20.5. The molecule has 0 radical (unpaired) electrons. The summed E-state index contributed by atoms with van der Waals surface area (Å²) < 4.78 is 39.6. The van der Waals surface area contributed by atoms with Crippen LogP contribution in [0.5, 0.6) is 0 Å². The van der Waals surface area contributed by atoms with E-state index in [1.807, 2.05) is 17.5 Å². The Labute approximate surface area is 187 Å². The second-order valence-electron chi connectivity index (χ2n) is 7.30. The van der Waals surface area contributed by atoms with Gasteiger partial charge in [-0.3, -0.25) is 4.79 Å². The van der Waals surface area contributed by atoms with E-state index >= 15 is 0 Å². The molecule has 3 heterocycles. The number of rotatable bonds is 4. The van der Waals surface area contributed by atoms with Crippen molar-refractivity contribution in [1.82, 2.24) is 20.1 Å². The van der Waals surface area contributed by atoms with Gasteiger partial charge in [0.2, 0.25) is 5.82 Å². The zero-order valence-corrected chi connectivity index (χ0v) is 18.2. The molecule has 0 saturated carbocycles. The van der Waals surface area contributed by atoms with Crippen molar-refractivity contribution in [3.8, 4) is 16.4 Å². The van der Waals surface area contributed by atoms with Gasteiger partial charge in [-0.1, -0.05) is 24.3 Å². The molecule has 2 aromatic heterocycles. The lowest BCUT2D eigenvalue weighted by Crippen LogP contribution is -2.34. The molecule has 162 valence electrons. The molecule has 2 aromatic carbocycles. The smallest absolute Gasteiger partial charge is 0.291 e. The van der Waals surface area contributed by atoms with Gasteiger partial charge >= 0.3 is 0 Å². The van der Waals surface area contributed by atoms with E-state index in [1.165, 1.54) is 28.2 Å². The molecule has 5 rings (SSSR count). The zero-order chi connectivity index (χ0) is 22.3. The molecule has 32 heavy (non-hydrogen) atoms. The van der Waals surface area contributed by atoms with Gasteiger partial charge in [-0.15, -0.1) is 16.4 Å². The van der Waals surface area contributed by atoms with Crippen molar-refractivity contribution in [3.05, 3.63) is 83.2 Å². The predicted octanol–water partition coefficient (Wildman–Crippen LogP) is 3.78. The lowest BCUT2D eigenvalue weighted by atomic mass is 10.0. The third-order valence-electron chi connectivity index (χ3n) is 5.23. The second kappa shape index (κ2) is 7.95. The van der Waals surface area contributed by atoms with E-state index in [2.05, 4.69) is 15.4 Å². The molecule has 0 spiro atoms. The van der Waals surface area contributed by atoms with Gasteiger partial charge in [-0.25, -0.2) is 22.5 Å². The topological polar surface area (TPSA) is 94.0 Å². The first-order valence-electron chi connectivity index (χ1n) is 9.82. The number of carbonyl (C=O) groups excluding carboxylic acids is 1. The molecule has 10 heteroatoms. The van der Waals surface area contributed by atoms with Crippen molar-refractivity contribution in [2.45, 2.75) is 17.4 Å². The number of amides is 1. The van der Waals surface area contributed by atoms with E-state index in [0.717, 1.165) is 4.88 Å². The minimum Gasteiger partial charge on any atom is -0.342 e. The number of thiophene rings is 1. The summed E-state index contributed by atoms with van der Waals surface area (Å²) in [4.78, 5) is 18.5. The Morgan fingerprint density at radius 2 is 1.88 bits per heavy atom. The summed E-state index contributed by atoms with van der Waals surface area (Å²) in [5.41, 5.74) is 1.12. The Morgan fingerprint density at radius 1 is 1.09 bits per heavy atom. The fourth-order valence-electron chi connectivity index (χ4n) is 3.70. The van der Waals surface area contributed by atoms with E-state index in [1.54, 1.807) is 36.4 Å². The van der Waals surface area contributed by atoms with E-state index in [-0.39, 0.29) is 28.7 Å². The van der Waals surface area contributed by atoms with Crippen molar-refractivity contribution < 1.29 is 17.6 Å². The van der Waals surface area contributed by atoms with Crippen LogP contribution < -0.4 is 5.32 Å². The van der Waals surface area contributed by atoms with Gasteiger partial charge in [0, 0.05) is 0 Å². The minimum absolute atomic E-state index is 0.0488. The second-order valence-corrected chi connectivity index (χ2v) is 10.3. The molecule has 7 nitrogen and oxygen atoms in total. The summed E-state index contributed by atoms with van der Waals surface area (Å²) in [6.07, 6.45) is 0.265. The van der Waals surface area contributed by atoms with Gasteiger partial charge in [-0.2, -0.15) is 0 Å². The van der Waals surface area contributed by atoms with Crippen LogP contribution >= 0.6 is 11.3 Å². The Kier molecular flexibility index (Phi) is 5.10. The van der Waals surface area contributed by atoms with Crippen LogP contribution in [-0.2, 0) is 9.84 Å². The maximum absolute atomic E-state index is 13.4. The monoisotopic (exact) mass is 468 g/mol. The highest BCUT2D eigenvalue weighted by Gasteiger charge is 2.32. The van der Waals surface area contributed by atoms with Crippen LogP contribution in [0.4, 0.5) is 4.39 Å². The molecule has 0 unspecified atom stereocenters. The first-order valence-corrected chi connectivity index (χ1v) is 12.3. The fraction of sp³-hybridized carbons (Fsp3) is 0.136. The summed E-state index contributed by atoms with van der Waals surface area (Å²) in [5.74, 6) is -0.530. The number of nitrogens with zero attached hydrogens (tertiary/aromatic N) is 3. The lowest BCUT2D eigenvalue weighted by molar-refractivity contribution is 0.0924. The summed E-state index contributed by atoms with van der Waals surface area (Å²) in [5, 5.41) is 9.14. The van der Waals surface area contributed by atoms with Crippen LogP contribution in [0.15, 0.2) is 70.9 Å². The zero-order valence-electron chi connectivity index (χ0n) is 16.6. The number of carbonyl (C=O) groups is 1. The SMILES string of the molecule is O=C(N[C@@H]1CCS(=O)(=O)c2ccccc21)c1nc(-c2cccs2)n(-c2ccc(F)cc2)n1. The van der Waals surface area contributed by atoms with E-state index in [9.17, 15) is 17.6 Å². The number of aromatic nitrogens is 3. The van der Waals surface area contributed by atoms with Gasteiger partial charge < -0.3 is 5.32 Å². The van der Waals surface area contributed by atoms with Gasteiger partial charge in [0.05, 0.1) is 27.3 Å². The quantitative estimate of drug-likeness (QED) is 0.492. The third-order valence-corrected chi connectivity index (χ3v) is 7.91. The molecular formula is C22H17FN4O3S2. The van der Waals surface area contributed by atoms with Crippen LogP contribution in [0.3, 0.4) is 0 Å². The van der Waals surface area contributed by atoms with E-state index < -0.39 is 21.8 Å². The number of sulfone groups is 1. The predicted molar refractivity (Wildman–Crippen MR) is 118 cm³/mol. The first-order chi connectivity index (χ1) is 15.4. The summed E-state index contributed by atoms with van der Waals surface area (Å²) >= 11 is 1.44. The molecule has 0 fully saturated rings. The van der Waals surface area contributed by atoms with Crippen molar-refractivity contribution in [1.29, 1.82) is 0 Å². The van der Waals surface area contributed by atoms with Crippen LogP contribution in [0.25, 0.3) is 16.4 Å². The van der Waals surface area contributed by atoms with Crippen molar-refractivity contribution in [2.24, 2.45) is 0 Å². The molecule has 1 atom stereocenters. The maximum Gasteiger partial charge on any atom is 0.291 e. The molecule has 4 aromatic rings. The van der Waals surface area contributed by atoms with Crippen LogP contribution in [0.1, 0.15) is 28.6 Å². The summed E-state index contributed by atoms with van der Waals surface area (Å²) in [7, 11) is -3.36. The average molecular weight is 469 g/mol. The van der Waals surface area contributed by atoms with Crippen molar-refractivity contribution >= 4 is 27.1 Å². The Hall–Kier alpha value is -3.37. The number of hydrogen-bond donors (Lipinski definition) is 1. The summed E-state index contributed by atoms with van der Waals surface area (Å²) in [6, 6.07) is 15.7. The van der Waals surface area contributed by atoms with Gasteiger partial charge in [0.1, 0.15) is 5.82 Å². The van der Waals surface area contributed by atoms with Gasteiger partial charge in [-0.05, 0) is 53.8 Å². The molecule has 1 aliphatic heterocycles. The normalized spacial score (nSPS) is 17.0. The standard InChI is InChI=1S/C22H17FN4O3S2/c23-14-7-9-15(10-8-14)27-21(18-5-3-12-31-18)25-20(26-27)22(28)24-17-11-13-32(29,30)19-6-2-1-4-16(17)19/h1-10,12,17H,11,13H2,(H,24,28)/t17-/m1/s1. The molecule has 0 aliphatic carbocycles. The number of hydrogen-bond acceptors (Lipinski definition) is 6. The highest BCUT2D eigenvalue weighted by atomic mass is 32.2. The van der Waals surface area contributed by atoms with Crippen molar-refractivity contribution in [3.63, 3.8) is 0 Å². The van der Waals surface area contributed by atoms with Crippen LogP contribution in [0.2, 0.25) is 0 Å². The third kappa shape index (κ3) is 3.71. The fourth-order valence-corrected chi connectivity index (χ4v) is 6.02. The molecule has 1 amide bonds. The van der Waals surface area contributed by atoms with Gasteiger partial charge in [0.15, 0.2) is 15.7 Å².